The smallest absolute Gasteiger partial charge is 0.189 e. The van der Waals surface area contributed by atoms with Gasteiger partial charge >= 0.3 is 0 Å². The molecule has 1 aromatic carbocycles. The molecule has 4 heteroatoms. The van der Waals surface area contributed by atoms with E-state index in [-0.39, 0.29) is 5.54 Å². The molecule has 3 nitrogen and oxygen atoms in total. The van der Waals surface area contributed by atoms with Crippen molar-refractivity contribution in [2.45, 2.75) is 18.9 Å². The molecule has 0 aromatic heterocycles. The summed E-state index contributed by atoms with van der Waals surface area (Å²) in [6.07, 6.45) is 0.971. The molecule has 2 rings (SSSR count). The third-order valence-corrected chi connectivity index (χ3v) is 3.42. The monoisotopic (exact) mass is 267 g/mol. The number of hydrogen-bond acceptors (Lipinski definition) is 3. The van der Waals surface area contributed by atoms with Gasteiger partial charge < -0.3 is 11.1 Å². The van der Waals surface area contributed by atoms with Gasteiger partial charge in [0.25, 0.3) is 0 Å². The zero-order chi connectivity index (χ0) is 10.9. The van der Waals surface area contributed by atoms with Crippen molar-refractivity contribution in [2.24, 2.45) is 10.7 Å². The van der Waals surface area contributed by atoms with Gasteiger partial charge in [0.15, 0.2) is 5.96 Å². The Morgan fingerprint density at radius 3 is 2.60 bits per heavy atom. The maximum Gasteiger partial charge on any atom is 0.189 e. The van der Waals surface area contributed by atoms with Gasteiger partial charge in [0.1, 0.15) is 0 Å². The molecule has 15 heavy (non-hydrogen) atoms. The van der Waals surface area contributed by atoms with Crippen LogP contribution in [-0.4, -0.2) is 12.5 Å². The maximum absolute atomic E-state index is 5.68. The van der Waals surface area contributed by atoms with E-state index in [9.17, 15) is 0 Å². The van der Waals surface area contributed by atoms with Crippen LogP contribution < -0.4 is 11.1 Å². The molecular weight excluding hydrogens is 254 g/mol. The molecule has 1 heterocycles. The molecule has 0 fully saturated rings. The number of nitrogens with zero attached hydrogens (tertiary/aromatic N) is 1. The summed E-state index contributed by atoms with van der Waals surface area (Å²) in [6, 6.07) is 8.30. The Bertz CT molecular complexity index is 385. The van der Waals surface area contributed by atoms with Crippen molar-refractivity contribution < 1.29 is 0 Å². The van der Waals surface area contributed by atoms with Crippen LogP contribution in [0.1, 0.15) is 18.9 Å². The second-order valence-corrected chi connectivity index (χ2v) is 4.68. The fourth-order valence-electron chi connectivity index (χ4n) is 1.88. The largest absolute Gasteiger partial charge is 0.370 e. The van der Waals surface area contributed by atoms with Crippen molar-refractivity contribution in [3.8, 4) is 0 Å². The highest BCUT2D eigenvalue weighted by atomic mass is 79.9. The first-order chi connectivity index (χ1) is 7.16. The van der Waals surface area contributed by atoms with Gasteiger partial charge in [-0.2, -0.15) is 0 Å². The van der Waals surface area contributed by atoms with E-state index < -0.39 is 0 Å². The maximum atomic E-state index is 5.68. The predicted molar refractivity (Wildman–Crippen MR) is 65.7 cm³/mol. The minimum Gasteiger partial charge on any atom is -0.370 e. The molecular formula is C11H14BrN3. The molecule has 80 valence electrons. The lowest BCUT2D eigenvalue weighted by atomic mass is 9.88. The quantitative estimate of drug-likeness (QED) is 0.861. The van der Waals surface area contributed by atoms with Gasteiger partial charge in [-0.3, -0.25) is 4.99 Å². The van der Waals surface area contributed by atoms with E-state index in [1.165, 1.54) is 5.56 Å². The van der Waals surface area contributed by atoms with E-state index in [1.807, 2.05) is 12.1 Å². The van der Waals surface area contributed by atoms with Crippen LogP contribution in [0.5, 0.6) is 0 Å². The molecule has 0 bridgehead atoms. The summed E-state index contributed by atoms with van der Waals surface area (Å²) < 4.78 is 1.09. The van der Waals surface area contributed by atoms with Crippen molar-refractivity contribution in [3.05, 3.63) is 34.3 Å². The minimum absolute atomic E-state index is 0.106. The van der Waals surface area contributed by atoms with Gasteiger partial charge in [0, 0.05) is 4.47 Å². The summed E-state index contributed by atoms with van der Waals surface area (Å²) in [6.45, 7) is 2.86. The zero-order valence-corrected chi connectivity index (χ0v) is 10.2. The lowest BCUT2D eigenvalue weighted by Crippen LogP contribution is -2.44. The fourth-order valence-corrected chi connectivity index (χ4v) is 2.15. The van der Waals surface area contributed by atoms with Crippen LogP contribution in [0.15, 0.2) is 33.7 Å². The first-order valence-electron chi connectivity index (χ1n) is 5.00. The van der Waals surface area contributed by atoms with Crippen molar-refractivity contribution in [3.63, 3.8) is 0 Å². The third-order valence-electron chi connectivity index (χ3n) is 2.89. The van der Waals surface area contributed by atoms with Crippen molar-refractivity contribution in [1.29, 1.82) is 0 Å². The average Bonchev–Trinajstić information content (AvgIpc) is 2.62. The van der Waals surface area contributed by atoms with Crippen LogP contribution in [0.2, 0.25) is 0 Å². The number of hydrogen-bond donors (Lipinski definition) is 2. The van der Waals surface area contributed by atoms with Crippen LogP contribution in [0, 0.1) is 0 Å². The van der Waals surface area contributed by atoms with Crippen molar-refractivity contribution in [2.75, 3.05) is 6.54 Å². The van der Waals surface area contributed by atoms with E-state index in [1.54, 1.807) is 0 Å². The normalized spacial score (nSPS) is 24.8. The highest BCUT2D eigenvalue weighted by Gasteiger charge is 2.34. The Labute approximate surface area is 97.9 Å². The Balaban J connectivity index is 2.32. The molecule has 1 aliphatic rings. The zero-order valence-electron chi connectivity index (χ0n) is 8.63. The number of halogens is 1. The second kappa shape index (κ2) is 3.85. The number of nitrogens with one attached hydrogen (secondary N) is 1. The van der Waals surface area contributed by atoms with Gasteiger partial charge in [-0.1, -0.05) is 35.0 Å². The summed E-state index contributed by atoms with van der Waals surface area (Å²) in [5.41, 5.74) is 6.81. The lowest BCUT2D eigenvalue weighted by molar-refractivity contribution is 0.415. The first-order valence-corrected chi connectivity index (χ1v) is 5.80. The molecule has 1 atom stereocenters. The number of nitrogens with two attached hydrogens (primary N) is 1. The Hall–Kier alpha value is -1.03. The first kappa shape index (κ1) is 10.5. The lowest BCUT2D eigenvalue weighted by Gasteiger charge is -2.28. The molecule has 1 aliphatic heterocycles. The van der Waals surface area contributed by atoms with Crippen LogP contribution >= 0.6 is 15.9 Å². The van der Waals surface area contributed by atoms with Gasteiger partial charge in [0.05, 0.1) is 12.1 Å². The average molecular weight is 268 g/mol. The fraction of sp³-hybridized carbons (Fsp3) is 0.364. The molecule has 0 radical (unpaired) electrons. The second-order valence-electron chi connectivity index (χ2n) is 3.77. The molecule has 1 unspecified atom stereocenters. The SMILES string of the molecule is CCC1(c2ccc(Br)cc2)CN=C(N)N1. The Kier molecular flexibility index (Phi) is 2.69. The Morgan fingerprint density at radius 2 is 2.13 bits per heavy atom. The molecule has 0 aliphatic carbocycles. The highest BCUT2D eigenvalue weighted by molar-refractivity contribution is 9.10. The number of guanidine groups is 1. The van der Waals surface area contributed by atoms with Crippen molar-refractivity contribution in [1.82, 2.24) is 5.32 Å². The van der Waals surface area contributed by atoms with E-state index >= 15 is 0 Å². The molecule has 3 N–H and O–H groups in total. The van der Waals surface area contributed by atoms with Crippen molar-refractivity contribution >= 4 is 21.9 Å². The van der Waals surface area contributed by atoms with Crippen LogP contribution in [0.3, 0.4) is 0 Å². The summed E-state index contributed by atoms with van der Waals surface area (Å²) in [5, 5.41) is 3.27. The van der Waals surface area contributed by atoms with Gasteiger partial charge in [0.2, 0.25) is 0 Å². The third kappa shape index (κ3) is 1.86. The van der Waals surface area contributed by atoms with E-state index in [0.29, 0.717) is 5.96 Å². The van der Waals surface area contributed by atoms with Gasteiger partial charge in [-0.15, -0.1) is 0 Å². The van der Waals surface area contributed by atoms with E-state index in [0.717, 1.165) is 17.4 Å². The highest BCUT2D eigenvalue weighted by Crippen LogP contribution is 2.29. The molecule has 1 aromatic rings. The molecule has 0 saturated heterocycles. The minimum atomic E-state index is -0.106. The van der Waals surface area contributed by atoms with Gasteiger partial charge in [-0.25, -0.2) is 0 Å². The van der Waals surface area contributed by atoms with Crippen LogP contribution in [-0.2, 0) is 5.54 Å². The predicted octanol–water partition coefficient (Wildman–Crippen LogP) is 1.97. The molecule has 0 saturated carbocycles. The number of rotatable bonds is 2. The van der Waals surface area contributed by atoms with Crippen LogP contribution in [0.25, 0.3) is 0 Å². The Morgan fingerprint density at radius 1 is 1.47 bits per heavy atom. The number of benzene rings is 1. The standard InChI is InChI=1S/C11H14BrN3/c1-2-11(7-14-10(13)15-11)8-3-5-9(12)6-4-8/h3-6H,2,7H2,1H3,(H3,13,14,15). The summed E-state index contributed by atoms with van der Waals surface area (Å²) in [4.78, 5) is 4.23. The molecule has 0 spiro atoms. The summed E-state index contributed by atoms with van der Waals surface area (Å²) >= 11 is 3.43. The molecule has 0 amide bonds. The summed E-state index contributed by atoms with van der Waals surface area (Å²) in [5.74, 6) is 0.541. The topological polar surface area (TPSA) is 50.4 Å². The number of aliphatic imine (C=N–C) groups is 1. The van der Waals surface area contributed by atoms with E-state index in [4.69, 9.17) is 5.73 Å². The van der Waals surface area contributed by atoms with Gasteiger partial charge in [-0.05, 0) is 24.1 Å². The van der Waals surface area contributed by atoms with E-state index in [2.05, 4.69) is 45.3 Å². The summed E-state index contributed by atoms with van der Waals surface area (Å²) in [7, 11) is 0. The van der Waals surface area contributed by atoms with Crippen LogP contribution in [0.4, 0.5) is 0 Å².